The van der Waals surface area contributed by atoms with Gasteiger partial charge in [0.2, 0.25) is 0 Å². The van der Waals surface area contributed by atoms with Crippen molar-refractivity contribution in [2.24, 2.45) is 11.5 Å². The molecule has 6 unspecified atom stereocenters. The maximum absolute atomic E-state index is 6.06. The quantitative estimate of drug-likeness (QED) is 0.783. The summed E-state index contributed by atoms with van der Waals surface area (Å²) in [7, 11) is 0. The van der Waals surface area contributed by atoms with Gasteiger partial charge in [0.25, 0.3) is 0 Å². The largest absolute Gasteiger partial charge is 0.327 e. The molecular formula is C14H32N4. The lowest BCUT2D eigenvalue weighted by Gasteiger charge is -2.50. The second kappa shape index (κ2) is 6.33. The summed E-state index contributed by atoms with van der Waals surface area (Å²) in [4.78, 5) is 5.08. The van der Waals surface area contributed by atoms with Gasteiger partial charge in [-0.05, 0) is 41.5 Å². The Labute approximate surface area is 113 Å². The summed E-state index contributed by atoms with van der Waals surface area (Å²) in [6.45, 7) is 15.4. The molecule has 0 radical (unpaired) electrons. The zero-order valence-electron chi connectivity index (χ0n) is 12.9. The van der Waals surface area contributed by atoms with Crippen LogP contribution in [0.5, 0.6) is 0 Å². The molecule has 6 atom stereocenters. The molecule has 1 saturated heterocycles. The predicted molar refractivity (Wildman–Crippen MR) is 78.6 cm³/mol. The predicted octanol–water partition coefficient (Wildman–Crippen LogP) is 0.852. The van der Waals surface area contributed by atoms with Crippen molar-refractivity contribution in [2.45, 2.75) is 77.8 Å². The van der Waals surface area contributed by atoms with E-state index < -0.39 is 0 Å². The van der Waals surface area contributed by atoms with E-state index in [4.69, 9.17) is 11.5 Å². The van der Waals surface area contributed by atoms with E-state index in [2.05, 4.69) is 51.3 Å². The highest BCUT2D eigenvalue weighted by atomic mass is 15.3. The standard InChI is InChI=1S/C14H32N4/c1-9-7-17(13(5)11(3)15)8-10(2)18(9)14(6)12(4)16/h9-14H,7-8,15-16H2,1-6H3. The van der Waals surface area contributed by atoms with Crippen LogP contribution in [0.25, 0.3) is 0 Å². The molecule has 0 amide bonds. The summed E-state index contributed by atoms with van der Waals surface area (Å²) in [5, 5.41) is 0. The third-order valence-electron chi connectivity index (χ3n) is 4.58. The molecule has 1 aliphatic heterocycles. The maximum Gasteiger partial charge on any atom is 0.0222 e. The van der Waals surface area contributed by atoms with Crippen LogP contribution >= 0.6 is 0 Å². The van der Waals surface area contributed by atoms with Gasteiger partial charge in [-0.1, -0.05) is 0 Å². The summed E-state index contributed by atoms with van der Waals surface area (Å²) in [6.07, 6.45) is 0. The molecule has 4 nitrogen and oxygen atoms in total. The van der Waals surface area contributed by atoms with Gasteiger partial charge in [-0.2, -0.15) is 0 Å². The third kappa shape index (κ3) is 3.44. The van der Waals surface area contributed by atoms with Crippen LogP contribution < -0.4 is 11.5 Å². The van der Waals surface area contributed by atoms with Crippen molar-refractivity contribution in [3.63, 3.8) is 0 Å². The zero-order chi connectivity index (χ0) is 14.0. The molecule has 4 N–H and O–H groups in total. The number of hydrogen-bond acceptors (Lipinski definition) is 4. The van der Waals surface area contributed by atoms with Gasteiger partial charge in [0.1, 0.15) is 0 Å². The van der Waals surface area contributed by atoms with Crippen LogP contribution in [0.2, 0.25) is 0 Å². The molecule has 0 spiro atoms. The van der Waals surface area contributed by atoms with Crippen LogP contribution in [0, 0.1) is 0 Å². The molecule has 1 fully saturated rings. The highest BCUT2D eigenvalue weighted by molar-refractivity contribution is 4.92. The highest BCUT2D eigenvalue weighted by Crippen LogP contribution is 2.22. The number of nitrogens with two attached hydrogens (primary N) is 2. The van der Waals surface area contributed by atoms with Crippen LogP contribution in [0.1, 0.15) is 41.5 Å². The first kappa shape index (κ1) is 15.9. The second-order valence-corrected chi connectivity index (χ2v) is 6.30. The number of hydrogen-bond donors (Lipinski definition) is 2. The fraction of sp³-hybridized carbons (Fsp3) is 1.00. The highest BCUT2D eigenvalue weighted by Gasteiger charge is 2.35. The van der Waals surface area contributed by atoms with Crippen LogP contribution in [0.4, 0.5) is 0 Å². The average molecular weight is 256 g/mol. The molecule has 0 aliphatic carbocycles. The van der Waals surface area contributed by atoms with Crippen molar-refractivity contribution < 1.29 is 0 Å². The molecule has 0 saturated carbocycles. The van der Waals surface area contributed by atoms with Crippen molar-refractivity contribution >= 4 is 0 Å². The van der Waals surface area contributed by atoms with Gasteiger partial charge in [-0.25, -0.2) is 0 Å². The lowest BCUT2D eigenvalue weighted by Crippen LogP contribution is -2.64. The minimum absolute atomic E-state index is 0.215. The summed E-state index contributed by atoms with van der Waals surface area (Å²) in [5.41, 5.74) is 12.1. The first-order valence-electron chi connectivity index (χ1n) is 7.28. The normalized spacial score (nSPS) is 34.0. The molecule has 18 heavy (non-hydrogen) atoms. The third-order valence-corrected chi connectivity index (χ3v) is 4.58. The molecule has 0 bridgehead atoms. The zero-order valence-corrected chi connectivity index (χ0v) is 12.9. The van der Waals surface area contributed by atoms with Crippen molar-refractivity contribution in [1.29, 1.82) is 0 Å². The molecule has 4 heteroatoms. The van der Waals surface area contributed by atoms with Crippen LogP contribution in [-0.2, 0) is 0 Å². The Morgan fingerprint density at radius 3 is 1.56 bits per heavy atom. The Morgan fingerprint density at radius 1 is 0.833 bits per heavy atom. The smallest absolute Gasteiger partial charge is 0.0222 e. The Balaban J connectivity index is 2.71. The number of rotatable bonds is 4. The first-order valence-corrected chi connectivity index (χ1v) is 7.28. The summed E-state index contributed by atoms with van der Waals surface area (Å²) in [6, 6.07) is 2.39. The molecule has 0 aromatic carbocycles. The van der Waals surface area contributed by atoms with Gasteiger partial charge < -0.3 is 11.5 Å². The number of piperazine rings is 1. The van der Waals surface area contributed by atoms with E-state index in [-0.39, 0.29) is 12.1 Å². The topological polar surface area (TPSA) is 58.5 Å². The fourth-order valence-corrected chi connectivity index (χ4v) is 3.12. The van der Waals surface area contributed by atoms with Crippen molar-refractivity contribution in [3.8, 4) is 0 Å². The SMILES string of the molecule is CC(N)C(C)N1CC(C)N(C(C)C(C)N)C(C)C1. The van der Waals surface area contributed by atoms with Crippen LogP contribution in [0.3, 0.4) is 0 Å². The first-order chi connectivity index (χ1) is 8.25. The molecular weight excluding hydrogens is 224 g/mol. The van der Waals surface area contributed by atoms with Crippen molar-refractivity contribution in [2.75, 3.05) is 13.1 Å². The fourth-order valence-electron chi connectivity index (χ4n) is 3.12. The van der Waals surface area contributed by atoms with Gasteiger partial charge in [0.15, 0.2) is 0 Å². The van der Waals surface area contributed by atoms with Gasteiger partial charge in [-0.3, -0.25) is 9.80 Å². The summed E-state index contributed by atoms with van der Waals surface area (Å²) < 4.78 is 0. The summed E-state index contributed by atoms with van der Waals surface area (Å²) in [5.74, 6) is 0. The van der Waals surface area contributed by atoms with E-state index in [0.29, 0.717) is 24.2 Å². The van der Waals surface area contributed by atoms with E-state index in [9.17, 15) is 0 Å². The molecule has 1 rings (SSSR count). The van der Waals surface area contributed by atoms with Gasteiger partial charge in [-0.15, -0.1) is 0 Å². The van der Waals surface area contributed by atoms with E-state index in [0.717, 1.165) is 13.1 Å². The second-order valence-electron chi connectivity index (χ2n) is 6.30. The Hall–Kier alpha value is -0.160. The molecule has 1 heterocycles. The lowest BCUT2D eigenvalue weighted by atomic mass is 9.99. The number of nitrogens with zero attached hydrogens (tertiary/aromatic N) is 2. The Bertz CT molecular complexity index is 242. The van der Waals surface area contributed by atoms with Gasteiger partial charge in [0, 0.05) is 49.3 Å². The van der Waals surface area contributed by atoms with E-state index in [1.165, 1.54) is 0 Å². The molecule has 1 aliphatic rings. The maximum atomic E-state index is 6.06. The average Bonchev–Trinajstić information content (AvgIpc) is 2.26. The Morgan fingerprint density at radius 2 is 1.22 bits per heavy atom. The van der Waals surface area contributed by atoms with Crippen molar-refractivity contribution in [1.82, 2.24) is 9.80 Å². The minimum Gasteiger partial charge on any atom is -0.327 e. The van der Waals surface area contributed by atoms with E-state index in [1.807, 2.05) is 0 Å². The van der Waals surface area contributed by atoms with Gasteiger partial charge in [0.05, 0.1) is 0 Å². The lowest BCUT2D eigenvalue weighted by molar-refractivity contribution is -0.0117. The van der Waals surface area contributed by atoms with Crippen LogP contribution in [-0.4, -0.2) is 59.1 Å². The minimum atomic E-state index is 0.215. The monoisotopic (exact) mass is 256 g/mol. The Kier molecular flexibility index (Phi) is 5.59. The molecule has 0 aromatic heterocycles. The van der Waals surface area contributed by atoms with E-state index >= 15 is 0 Å². The molecule has 0 aromatic rings. The van der Waals surface area contributed by atoms with Crippen molar-refractivity contribution in [3.05, 3.63) is 0 Å². The van der Waals surface area contributed by atoms with E-state index in [1.54, 1.807) is 0 Å². The van der Waals surface area contributed by atoms with Gasteiger partial charge >= 0.3 is 0 Å². The van der Waals surface area contributed by atoms with Crippen LogP contribution in [0.15, 0.2) is 0 Å². The molecule has 108 valence electrons. The summed E-state index contributed by atoms with van der Waals surface area (Å²) >= 11 is 0.